The summed E-state index contributed by atoms with van der Waals surface area (Å²) < 4.78 is 0. The highest BCUT2D eigenvalue weighted by Gasteiger charge is 2.56. The molecular weight excluding hydrogens is 258 g/mol. The van der Waals surface area contributed by atoms with E-state index in [-0.39, 0.29) is 5.41 Å². The highest BCUT2D eigenvalue weighted by atomic mass is 16.2. The van der Waals surface area contributed by atoms with E-state index in [1.165, 1.54) is 44.2 Å². The highest BCUT2D eigenvalue weighted by molar-refractivity contribution is 5.79. The van der Waals surface area contributed by atoms with Crippen LogP contribution >= 0.6 is 0 Å². The minimum absolute atomic E-state index is 0.259. The first-order chi connectivity index (χ1) is 9.96. The van der Waals surface area contributed by atoms with Gasteiger partial charge in [-0.15, -0.1) is 0 Å². The van der Waals surface area contributed by atoms with Crippen LogP contribution in [-0.2, 0) is 4.79 Å². The van der Waals surface area contributed by atoms with Crippen LogP contribution in [0.25, 0.3) is 0 Å². The molecule has 2 heteroatoms. The van der Waals surface area contributed by atoms with E-state index in [0.717, 1.165) is 30.6 Å². The zero-order valence-electron chi connectivity index (χ0n) is 13.8. The zero-order valence-corrected chi connectivity index (χ0v) is 13.8. The van der Waals surface area contributed by atoms with Gasteiger partial charge in [-0.3, -0.25) is 4.79 Å². The number of rotatable bonds is 0. The first-order valence-electron chi connectivity index (χ1n) is 8.93. The number of fused-ring (bicyclic) bond motifs is 5. The fraction of sp³-hybridized carbons (Fsp3) is 0.842. The maximum atomic E-state index is 12.1. The van der Waals surface area contributed by atoms with E-state index in [4.69, 9.17) is 0 Å². The van der Waals surface area contributed by atoms with Crippen LogP contribution in [0.4, 0.5) is 0 Å². The van der Waals surface area contributed by atoms with Gasteiger partial charge in [0.1, 0.15) is 0 Å². The van der Waals surface area contributed by atoms with Gasteiger partial charge in [-0.1, -0.05) is 26.3 Å². The number of likely N-dealkylation sites (tertiary alicyclic amines) is 1. The van der Waals surface area contributed by atoms with Crippen LogP contribution in [0.1, 0.15) is 65.2 Å². The van der Waals surface area contributed by atoms with Crippen molar-refractivity contribution >= 4 is 5.91 Å². The minimum Gasteiger partial charge on any atom is -0.319 e. The molecule has 1 saturated heterocycles. The lowest BCUT2D eigenvalue weighted by atomic mass is 9.50. The van der Waals surface area contributed by atoms with Gasteiger partial charge in [-0.25, -0.2) is 0 Å². The topological polar surface area (TPSA) is 20.3 Å². The van der Waals surface area contributed by atoms with Crippen molar-refractivity contribution in [3.05, 3.63) is 11.8 Å². The summed E-state index contributed by atoms with van der Waals surface area (Å²) in [7, 11) is 1.99. The summed E-state index contributed by atoms with van der Waals surface area (Å²) in [5.41, 5.74) is 2.23. The molecular formula is C19H29NO. The number of allylic oxidation sites excluding steroid dienone is 2. The van der Waals surface area contributed by atoms with E-state index in [9.17, 15) is 4.79 Å². The van der Waals surface area contributed by atoms with Crippen LogP contribution in [-0.4, -0.2) is 17.9 Å². The normalized spacial score (nSPS) is 49.3. The molecule has 4 rings (SSSR count). The zero-order chi connectivity index (χ0) is 14.8. The van der Waals surface area contributed by atoms with Crippen molar-refractivity contribution in [3.8, 4) is 0 Å². The third kappa shape index (κ3) is 1.74. The second kappa shape index (κ2) is 4.36. The Morgan fingerprint density at radius 3 is 2.76 bits per heavy atom. The van der Waals surface area contributed by atoms with Gasteiger partial charge in [0.05, 0.1) is 0 Å². The van der Waals surface area contributed by atoms with Crippen molar-refractivity contribution in [1.29, 1.82) is 0 Å². The molecule has 0 bridgehead atoms. The number of hydrogen-bond acceptors (Lipinski definition) is 1. The van der Waals surface area contributed by atoms with E-state index in [0.29, 0.717) is 11.3 Å². The SMILES string of the molecule is CN1C(=O)CC[C@@]2(C)C1=CC[C@H]1[C@@H]3CCC[C@@]3(C)CC[C@@H]12. The van der Waals surface area contributed by atoms with Crippen molar-refractivity contribution in [2.24, 2.45) is 28.6 Å². The summed E-state index contributed by atoms with van der Waals surface area (Å²) in [6.07, 6.45) is 12.6. The van der Waals surface area contributed by atoms with Crippen molar-refractivity contribution < 1.29 is 4.79 Å². The van der Waals surface area contributed by atoms with Gasteiger partial charge in [0, 0.05) is 24.6 Å². The molecule has 116 valence electrons. The largest absolute Gasteiger partial charge is 0.319 e. The number of carbonyl (C=O) groups is 1. The highest BCUT2D eigenvalue weighted by Crippen LogP contribution is 2.64. The number of piperidine rings is 1. The fourth-order valence-corrected chi connectivity index (χ4v) is 6.57. The lowest BCUT2D eigenvalue weighted by molar-refractivity contribution is -0.135. The van der Waals surface area contributed by atoms with Crippen molar-refractivity contribution in [2.75, 3.05) is 7.05 Å². The average Bonchev–Trinajstić information content (AvgIpc) is 2.85. The van der Waals surface area contributed by atoms with Gasteiger partial charge in [0.15, 0.2) is 0 Å². The molecule has 21 heavy (non-hydrogen) atoms. The van der Waals surface area contributed by atoms with E-state index in [2.05, 4.69) is 19.9 Å². The second-order valence-corrected chi connectivity index (χ2v) is 8.66. The Kier molecular flexibility index (Phi) is 2.88. The molecule has 1 amide bonds. The van der Waals surface area contributed by atoms with Crippen LogP contribution in [0.3, 0.4) is 0 Å². The summed E-state index contributed by atoms with van der Waals surface area (Å²) in [6.45, 7) is 5.01. The Morgan fingerprint density at radius 1 is 1.14 bits per heavy atom. The van der Waals surface area contributed by atoms with Crippen molar-refractivity contribution in [2.45, 2.75) is 65.2 Å². The van der Waals surface area contributed by atoms with Gasteiger partial charge in [-0.05, 0) is 61.7 Å². The molecule has 3 fully saturated rings. The molecule has 0 aromatic rings. The maximum absolute atomic E-state index is 12.1. The van der Waals surface area contributed by atoms with E-state index < -0.39 is 0 Å². The summed E-state index contributed by atoms with van der Waals surface area (Å²) in [5.74, 6) is 2.94. The van der Waals surface area contributed by atoms with Crippen LogP contribution in [0.2, 0.25) is 0 Å². The molecule has 1 heterocycles. The fourth-order valence-electron chi connectivity index (χ4n) is 6.57. The lowest BCUT2D eigenvalue weighted by Gasteiger charge is -2.57. The Hall–Kier alpha value is -0.790. The summed E-state index contributed by atoms with van der Waals surface area (Å²) in [5, 5.41) is 0. The molecule has 0 radical (unpaired) electrons. The van der Waals surface area contributed by atoms with Crippen molar-refractivity contribution in [3.63, 3.8) is 0 Å². The Balaban J connectivity index is 1.72. The Bertz CT molecular complexity index is 510. The van der Waals surface area contributed by atoms with Gasteiger partial charge in [0.25, 0.3) is 0 Å². The molecule has 0 aromatic heterocycles. The first-order valence-corrected chi connectivity index (χ1v) is 8.93. The van der Waals surface area contributed by atoms with E-state index in [1.54, 1.807) is 0 Å². The monoisotopic (exact) mass is 287 g/mol. The van der Waals surface area contributed by atoms with Crippen LogP contribution < -0.4 is 0 Å². The third-order valence-electron chi connectivity index (χ3n) is 7.80. The summed E-state index contributed by atoms with van der Waals surface area (Å²) >= 11 is 0. The third-order valence-corrected chi connectivity index (χ3v) is 7.80. The van der Waals surface area contributed by atoms with Crippen LogP contribution in [0.15, 0.2) is 11.8 Å². The Labute approximate surface area is 129 Å². The molecule has 2 nitrogen and oxygen atoms in total. The molecule has 1 aliphatic heterocycles. The second-order valence-electron chi connectivity index (χ2n) is 8.66. The number of amides is 1. The molecule has 3 aliphatic carbocycles. The van der Waals surface area contributed by atoms with Gasteiger partial charge in [-0.2, -0.15) is 0 Å². The smallest absolute Gasteiger partial charge is 0.226 e. The minimum atomic E-state index is 0.259. The van der Waals surface area contributed by atoms with Crippen LogP contribution in [0.5, 0.6) is 0 Å². The van der Waals surface area contributed by atoms with Gasteiger partial charge in [0.2, 0.25) is 5.91 Å². The number of carbonyl (C=O) groups excluding carboxylic acids is 1. The number of hydrogen-bond donors (Lipinski definition) is 0. The van der Waals surface area contributed by atoms with Gasteiger partial charge >= 0.3 is 0 Å². The average molecular weight is 287 g/mol. The standard InChI is InChI=1S/C19H29NO/c1-18-10-4-5-14(18)13-6-7-16-19(2,15(13)8-11-18)12-9-17(21)20(16)3/h7,13-15H,4-6,8-12H2,1-3H3/t13-,14-,15-,18-,19+/m0/s1. The number of nitrogens with zero attached hydrogens (tertiary/aromatic N) is 1. The summed E-state index contributed by atoms with van der Waals surface area (Å²) in [4.78, 5) is 14.0. The molecule has 0 spiro atoms. The van der Waals surface area contributed by atoms with Gasteiger partial charge < -0.3 is 4.90 Å². The van der Waals surface area contributed by atoms with Crippen LogP contribution in [0, 0.1) is 28.6 Å². The summed E-state index contributed by atoms with van der Waals surface area (Å²) in [6, 6.07) is 0. The maximum Gasteiger partial charge on any atom is 0.226 e. The molecule has 4 aliphatic rings. The van der Waals surface area contributed by atoms with Crippen molar-refractivity contribution in [1.82, 2.24) is 4.90 Å². The van der Waals surface area contributed by atoms with E-state index in [1.807, 2.05) is 11.9 Å². The lowest BCUT2D eigenvalue weighted by Crippen LogP contribution is -2.52. The molecule has 0 unspecified atom stereocenters. The molecule has 2 saturated carbocycles. The molecule has 0 N–H and O–H groups in total. The van der Waals surface area contributed by atoms with E-state index >= 15 is 0 Å². The predicted molar refractivity (Wildman–Crippen MR) is 84.5 cm³/mol. The Morgan fingerprint density at radius 2 is 1.95 bits per heavy atom. The predicted octanol–water partition coefficient (Wildman–Crippen LogP) is 4.37. The first kappa shape index (κ1) is 13.8. The molecule has 0 aromatic carbocycles. The quantitative estimate of drug-likeness (QED) is 0.648. The molecule has 5 atom stereocenters.